The first kappa shape index (κ1) is 15.6. The molecule has 1 atom stereocenters. The number of carbonyl (C=O) groups excluding carboxylic acids is 1. The maximum absolute atomic E-state index is 12.2. The van der Waals surface area contributed by atoms with E-state index in [4.69, 9.17) is 9.47 Å². The van der Waals surface area contributed by atoms with E-state index in [1.807, 2.05) is 43.3 Å². The number of hydrogen-bond acceptors (Lipinski definition) is 4. The van der Waals surface area contributed by atoms with Crippen molar-refractivity contribution < 1.29 is 14.3 Å². The summed E-state index contributed by atoms with van der Waals surface area (Å²) in [6, 6.07) is 14.9. The third-order valence-electron chi connectivity index (χ3n) is 3.40. The number of para-hydroxylation sites is 2. The molecule has 0 unspecified atom stereocenters. The molecule has 0 saturated heterocycles. The minimum Gasteiger partial charge on any atom is -0.485 e. The van der Waals surface area contributed by atoms with Gasteiger partial charge in [-0.15, -0.1) is 0 Å². The van der Waals surface area contributed by atoms with Crippen molar-refractivity contribution in [1.82, 2.24) is 5.43 Å². The van der Waals surface area contributed by atoms with Crippen LogP contribution in [-0.4, -0.2) is 24.3 Å². The van der Waals surface area contributed by atoms with Gasteiger partial charge in [-0.25, -0.2) is 5.43 Å². The highest BCUT2D eigenvalue weighted by Crippen LogP contribution is 2.30. The molecule has 1 N–H and O–H groups in total. The van der Waals surface area contributed by atoms with Gasteiger partial charge in [-0.05, 0) is 25.1 Å². The Morgan fingerprint density at radius 3 is 2.65 bits per heavy atom. The Bertz CT molecular complexity index is 761. The van der Waals surface area contributed by atoms with Crippen LogP contribution < -0.4 is 14.9 Å². The van der Waals surface area contributed by atoms with E-state index in [9.17, 15) is 4.79 Å². The molecule has 1 heterocycles. The SMILES string of the molecule is C/C(=N/NC(=O)[C@H]1COc2ccccc2O1)c1ccccc1Br. The van der Waals surface area contributed by atoms with Gasteiger partial charge in [0.25, 0.3) is 5.91 Å². The second-order valence-corrected chi connectivity index (χ2v) is 5.87. The summed E-state index contributed by atoms with van der Waals surface area (Å²) in [6.45, 7) is 1.99. The number of fused-ring (bicyclic) bond motifs is 1. The van der Waals surface area contributed by atoms with Crippen LogP contribution in [0.25, 0.3) is 0 Å². The van der Waals surface area contributed by atoms with Crippen LogP contribution in [-0.2, 0) is 4.79 Å². The maximum atomic E-state index is 12.2. The first-order valence-corrected chi connectivity index (χ1v) is 7.92. The minimum atomic E-state index is -0.722. The van der Waals surface area contributed by atoms with E-state index < -0.39 is 6.10 Å². The van der Waals surface area contributed by atoms with Gasteiger partial charge < -0.3 is 9.47 Å². The Balaban J connectivity index is 1.66. The lowest BCUT2D eigenvalue weighted by molar-refractivity contribution is -0.130. The summed E-state index contributed by atoms with van der Waals surface area (Å²) in [4.78, 5) is 12.2. The molecule has 0 bridgehead atoms. The zero-order chi connectivity index (χ0) is 16.2. The highest BCUT2D eigenvalue weighted by Gasteiger charge is 2.27. The van der Waals surface area contributed by atoms with Crippen molar-refractivity contribution in [2.24, 2.45) is 5.10 Å². The van der Waals surface area contributed by atoms with Crippen LogP contribution in [0.15, 0.2) is 58.1 Å². The van der Waals surface area contributed by atoms with Gasteiger partial charge in [0.15, 0.2) is 11.5 Å². The smallest absolute Gasteiger partial charge is 0.284 e. The van der Waals surface area contributed by atoms with Crippen LogP contribution in [0.5, 0.6) is 11.5 Å². The second-order valence-electron chi connectivity index (χ2n) is 5.02. The number of nitrogens with zero attached hydrogens (tertiary/aromatic N) is 1. The van der Waals surface area contributed by atoms with Crippen molar-refractivity contribution in [3.8, 4) is 11.5 Å². The highest BCUT2D eigenvalue weighted by atomic mass is 79.9. The van der Waals surface area contributed by atoms with E-state index in [-0.39, 0.29) is 12.5 Å². The molecule has 0 aliphatic carbocycles. The van der Waals surface area contributed by atoms with Crippen molar-refractivity contribution in [2.45, 2.75) is 13.0 Å². The molecule has 3 rings (SSSR count). The number of hydrogen-bond donors (Lipinski definition) is 1. The van der Waals surface area contributed by atoms with Gasteiger partial charge in [0.2, 0.25) is 6.10 Å². The van der Waals surface area contributed by atoms with Gasteiger partial charge in [-0.3, -0.25) is 4.79 Å². The summed E-state index contributed by atoms with van der Waals surface area (Å²) in [5.74, 6) is 0.862. The molecule has 1 aliphatic rings. The molecule has 5 nitrogen and oxygen atoms in total. The number of rotatable bonds is 3. The molecule has 0 spiro atoms. The fraction of sp³-hybridized carbons (Fsp3) is 0.176. The molecule has 6 heteroatoms. The molecular weight excluding hydrogens is 360 g/mol. The quantitative estimate of drug-likeness (QED) is 0.663. The van der Waals surface area contributed by atoms with E-state index in [1.54, 1.807) is 12.1 Å². The number of halogens is 1. The van der Waals surface area contributed by atoms with Crippen LogP contribution in [0.4, 0.5) is 0 Å². The number of amides is 1. The fourth-order valence-electron chi connectivity index (χ4n) is 2.17. The predicted octanol–water partition coefficient (Wildman–Crippen LogP) is 3.13. The van der Waals surface area contributed by atoms with Crippen molar-refractivity contribution in [1.29, 1.82) is 0 Å². The lowest BCUT2D eigenvalue weighted by Gasteiger charge is -2.24. The van der Waals surface area contributed by atoms with Crippen LogP contribution in [0, 0.1) is 0 Å². The first-order chi connectivity index (χ1) is 11.1. The molecule has 118 valence electrons. The van der Waals surface area contributed by atoms with E-state index in [0.29, 0.717) is 17.2 Å². The Hall–Kier alpha value is -2.34. The van der Waals surface area contributed by atoms with Gasteiger partial charge in [0.1, 0.15) is 6.61 Å². The average molecular weight is 375 g/mol. The topological polar surface area (TPSA) is 59.9 Å². The fourth-order valence-corrected chi connectivity index (χ4v) is 2.75. The summed E-state index contributed by atoms with van der Waals surface area (Å²) in [6.07, 6.45) is -0.722. The molecule has 0 radical (unpaired) electrons. The summed E-state index contributed by atoms with van der Waals surface area (Å²) in [5, 5.41) is 4.14. The molecule has 0 fully saturated rings. The maximum Gasteiger partial charge on any atom is 0.284 e. The monoisotopic (exact) mass is 374 g/mol. The summed E-state index contributed by atoms with van der Waals surface area (Å²) in [5.41, 5.74) is 4.14. The highest BCUT2D eigenvalue weighted by molar-refractivity contribution is 9.10. The Labute approximate surface area is 142 Å². The zero-order valence-corrected chi connectivity index (χ0v) is 14.0. The van der Waals surface area contributed by atoms with Gasteiger partial charge >= 0.3 is 0 Å². The average Bonchev–Trinajstić information content (AvgIpc) is 2.59. The molecule has 1 aliphatic heterocycles. The lowest BCUT2D eigenvalue weighted by Crippen LogP contribution is -2.42. The first-order valence-electron chi connectivity index (χ1n) is 7.12. The van der Waals surface area contributed by atoms with Crippen molar-refractivity contribution in [2.75, 3.05) is 6.61 Å². The van der Waals surface area contributed by atoms with Crippen molar-refractivity contribution in [3.05, 3.63) is 58.6 Å². The van der Waals surface area contributed by atoms with E-state index in [1.165, 1.54) is 0 Å². The standard InChI is InChI=1S/C17H15BrN2O3/c1-11(12-6-2-3-7-13(12)18)19-20-17(21)16-10-22-14-8-4-5-9-15(14)23-16/h2-9,16H,10H2,1H3,(H,20,21)/b19-11-/t16-/m1/s1. The Morgan fingerprint density at radius 2 is 1.87 bits per heavy atom. The number of hydrazone groups is 1. The van der Waals surface area contributed by atoms with Gasteiger partial charge in [0.05, 0.1) is 5.71 Å². The van der Waals surface area contributed by atoms with Gasteiger partial charge in [-0.1, -0.05) is 46.3 Å². The van der Waals surface area contributed by atoms with Crippen molar-refractivity contribution in [3.63, 3.8) is 0 Å². The van der Waals surface area contributed by atoms with Crippen LogP contribution in [0.2, 0.25) is 0 Å². The normalized spacial score (nSPS) is 16.8. The van der Waals surface area contributed by atoms with Crippen LogP contribution in [0.1, 0.15) is 12.5 Å². The molecule has 0 saturated carbocycles. The Kier molecular flexibility index (Phi) is 4.62. The number of nitrogens with one attached hydrogen (secondary N) is 1. The minimum absolute atomic E-state index is 0.159. The van der Waals surface area contributed by atoms with Crippen molar-refractivity contribution >= 4 is 27.5 Å². The summed E-state index contributed by atoms with van der Waals surface area (Å²) in [7, 11) is 0. The number of benzene rings is 2. The Morgan fingerprint density at radius 1 is 1.17 bits per heavy atom. The number of carbonyl (C=O) groups is 1. The predicted molar refractivity (Wildman–Crippen MR) is 90.8 cm³/mol. The van der Waals surface area contributed by atoms with E-state index >= 15 is 0 Å². The van der Waals surface area contributed by atoms with E-state index in [0.717, 1.165) is 10.0 Å². The molecule has 1 amide bonds. The molecule has 2 aromatic rings. The van der Waals surface area contributed by atoms with Gasteiger partial charge in [-0.2, -0.15) is 5.10 Å². The number of ether oxygens (including phenoxy) is 2. The van der Waals surface area contributed by atoms with Crippen LogP contribution >= 0.6 is 15.9 Å². The largest absolute Gasteiger partial charge is 0.485 e. The van der Waals surface area contributed by atoms with Gasteiger partial charge in [0, 0.05) is 10.0 Å². The molecule has 2 aromatic carbocycles. The second kappa shape index (κ2) is 6.83. The zero-order valence-electron chi connectivity index (χ0n) is 12.5. The van der Waals surface area contributed by atoms with E-state index in [2.05, 4.69) is 26.5 Å². The molecule has 0 aromatic heterocycles. The van der Waals surface area contributed by atoms with Crippen LogP contribution in [0.3, 0.4) is 0 Å². The summed E-state index contributed by atoms with van der Waals surface area (Å²) < 4.78 is 12.1. The lowest BCUT2D eigenvalue weighted by atomic mass is 10.1. The summed E-state index contributed by atoms with van der Waals surface area (Å²) >= 11 is 3.46. The molecular formula is C17H15BrN2O3. The third kappa shape index (κ3) is 3.53. The third-order valence-corrected chi connectivity index (χ3v) is 4.09. The molecule has 23 heavy (non-hydrogen) atoms.